The second-order valence-electron chi connectivity index (χ2n) is 6.46. The van der Waals surface area contributed by atoms with Crippen molar-refractivity contribution in [3.63, 3.8) is 0 Å². The molecule has 2 heterocycles. The van der Waals surface area contributed by atoms with Crippen LogP contribution in [0.5, 0.6) is 0 Å². The summed E-state index contributed by atoms with van der Waals surface area (Å²) in [6.07, 6.45) is 5.60. The van der Waals surface area contributed by atoms with Crippen molar-refractivity contribution in [3.05, 3.63) is 41.7 Å². The van der Waals surface area contributed by atoms with E-state index < -0.39 is 6.23 Å². The van der Waals surface area contributed by atoms with Gasteiger partial charge in [0.25, 0.3) is 5.91 Å². The third-order valence-corrected chi connectivity index (χ3v) is 4.92. The van der Waals surface area contributed by atoms with E-state index >= 15 is 0 Å². The van der Waals surface area contributed by atoms with Gasteiger partial charge in [0.1, 0.15) is 0 Å². The Balaban J connectivity index is 1.84. The summed E-state index contributed by atoms with van der Waals surface area (Å²) in [5, 5.41) is 17.4. The molecule has 2 aliphatic rings. The molecule has 1 aromatic heterocycles. The Labute approximate surface area is 135 Å². The number of amides is 1. The van der Waals surface area contributed by atoms with Crippen molar-refractivity contribution in [2.75, 3.05) is 0 Å². The number of aromatic nitrogens is 1. The minimum Gasteiger partial charge on any atom is -0.381 e. The zero-order chi connectivity index (χ0) is 16.0. The SMILES string of the molecule is Cn1cc(C2=C(NC3CCCC3)C(O)NC2=O)c2ccccc21. The van der Waals surface area contributed by atoms with Gasteiger partial charge in [-0.3, -0.25) is 4.79 Å². The topological polar surface area (TPSA) is 66.3 Å². The lowest BCUT2D eigenvalue weighted by atomic mass is 10.0. The number of fused-ring (bicyclic) bond motifs is 1. The number of hydrogen-bond acceptors (Lipinski definition) is 3. The fourth-order valence-corrected chi connectivity index (χ4v) is 3.78. The highest BCUT2D eigenvalue weighted by molar-refractivity contribution is 6.25. The van der Waals surface area contributed by atoms with E-state index in [2.05, 4.69) is 10.6 Å². The fraction of sp³-hybridized carbons (Fsp3) is 0.389. The highest BCUT2D eigenvalue weighted by Crippen LogP contribution is 2.32. The first-order valence-corrected chi connectivity index (χ1v) is 8.19. The Bertz CT molecular complexity index is 800. The van der Waals surface area contributed by atoms with E-state index in [0.717, 1.165) is 29.3 Å². The number of rotatable bonds is 3. The van der Waals surface area contributed by atoms with Crippen LogP contribution >= 0.6 is 0 Å². The minimum absolute atomic E-state index is 0.214. The van der Waals surface area contributed by atoms with Crippen LogP contribution in [0.4, 0.5) is 0 Å². The molecule has 0 spiro atoms. The predicted molar refractivity (Wildman–Crippen MR) is 89.4 cm³/mol. The largest absolute Gasteiger partial charge is 0.381 e. The smallest absolute Gasteiger partial charge is 0.256 e. The zero-order valence-electron chi connectivity index (χ0n) is 13.2. The number of aliphatic hydroxyl groups is 1. The van der Waals surface area contributed by atoms with Crippen molar-refractivity contribution in [2.45, 2.75) is 38.0 Å². The molecule has 1 unspecified atom stereocenters. The lowest BCUT2D eigenvalue weighted by Crippen LogP contribution is -2.35. The van der Waals surface area contributed by atoms with Crippen LogP contribution in [0, 0.1) is 0 Å². The Morgan fingerprint density at radius 1 is 1.26 bits per heavy atom. The van der Waals surface area contributed by atoms with E-state index in [1.807, 2.05) is 42.1 Å². The first-order chi connectivity index (χ1) is 11.1. The molecule has 0 bridgehead atoms. The number of benzene rings is 1. The molecule has 5 heteroatoms. The van der Waals surface area contributed by atoms with Crippen molar-refractivity contribution in [1.82, 2.24) is 15.2 Å². The molecule has 1 aliphatic heterocycles. The lowest BCUT2D eigenvalue weighted by molar-refractivity contribution is -0.116. The summed E-state index contributed by atoms with van der Waals surface area (Å²) in [4.78, 5) is 12.4. The number of hydrogen-bond donors (Lipinski definition) is 3. The van der Waals surface area contributed by atoms with E-state index in [-0.39, 0.29) is 5.91 Å². The van der Waals surface area contributed by atoms with Gasteiger partial charge in [-0.2, -0.15) is 0 Å². The Morgan fingerprint density at radius 2 is 2.00 bits per heavy atom. The van der Waals surface area contributed by atoms with Crippen LogP contribution in [0.15, 0.2) is 36.2 Å². The highest BCUT2D eigenvalue weighted by Gasteiger charge is 2.34. The van der Waals surface area contributed by atoms with Gasteiger partial charge in [0.15, 0.2) is 6.23 Å². The van der Waals surface area contributed by atoms with Crippen LogP contribution in [0.2, 0.25) is 0 Å². The molecule has 120 valence electrons. The van der Waals surface area contributed by atoms with Crippen molar-refractivity contribution in [3.8, 4) is 0 Å². The average Bonchev–Trinajstić information content (AvgIpc) is 3.22. The van der Waals surface area contributed by atoms with Gasteiger partial charge in [-0.05, 0) is 18.9 Å². The maximum absolute atomic E-state index is 12.4. The van der Waals surface area contributed by atoms with Gasteiger partial charge >= 0.3 is 0 Å². The summed E-state index contributed by atoms with van der Waals surface area (Å²) < 4.78 is 2.02. The van der Waals surface area contributed by atoms with Crippen LogP contribution in [0.3, 0.4) is 0 Å². The van der Waals surface area contributed by atoms with Gasteiger partial charge in [0.2, 0.25) is 0 Å². The molecular weight excluding hydrogens is 290 g/mol. The monoisotopic (exact) mass is 311 g/mol. The number of aliphatic hydroxyl groups excluding tert-OH is 1. The number of aryl methyl sites for hydroxylation is 1. The highest BCUT2D eigenvalue weighted by atomic mass is 16.3. The third-order valence-electron chi connectivity index (χ3n) is 4.92. The molecule has 1 saturated carbocycles. The molecule has 1 atom stereocenters. The maximum Gasteiger partial charge on any atom is 0.256 e. The van der Waals surface area contributed by atoms with E-state index in [9.17, 15) is 9.90 Å². The van der Waals surface area contributed by atoms with E-state index in [1.165, 1.54) is 12.8 Å². The Morgan fingerprint density at radius 3 is 2.78 bits per heavy atom. The normalized spacial score (nSPS) is 22.2. The number of para-hydroxylation sites is 1. The molecule has 4 rings (SSSR count). The van der Waals surface area contributed by atoms with Crippen LogP contribution in [0.1, 0.15) is 31.2 Å². The summed E-state index contributed by atoms with van der Waals surface area (Å²) in [6, 6.07) is 8.36. The third kappa shape index (κ3) is 2.32. The van der Waals surface area contributed by atoms with Gasteiger partial charge in [0.05, 0.1) is 11.3 Å². The Hall–Kier alpha value is -2.27. The van der Waals surface area contributed by atoms with Crippen LogP contribution in [-0.2, 0) is 11.8 Å². The lowest BCUT2D eigenvalue weighted by Gasteiger charge is -2.17. The van der Waals surface area contributed by atoms with Crippen molar-refractivity contribution >= 4 is 22.4 Å². The average molecular weight is 311 g/mol. The van der Waals surface area contributed by atoms with Crippen LogP contribution < -0.4 is 10.6 Å². The molecule has 1 fully saturated rings. The fourth-order valence-electron chi connectivity index (χ4n) is 3.78. The summed E-state index contributed by atoms with van der Waals surface area (Å²) in [6.45, 7) is 0. The first kappa shape index (κ1) is 14.3. The molecule has 3 N–H and O–H groups in total. The number of carbonyl (C=O) groups excluding carboxylic acids is 1. The molecule has 1 aromatic carbocycles. The number of carbonyl (C=O) groups is 1. The molecule has 1 amide bonds. The molecule has 0 radical (unpaired) electrons. The Kier molecular flexibility index (Phi) is 3.38. The molecule has 5 nitrogen and oxygen atoms in total. The second-order valence-corrected chi connectivity index (χ2v) is 6.46. The van der Waals surface area contributed by atoms with Crippen molar-refractivity contribution in [2.24, 2.45) is 7.05 Å². The predicted octanol–water partition coefficient (Wildman–Crippen LogP) is 1.87. The van der Waals surface area contributed by atoms with Crippen LogP contribution in [-0.4, -0.2) is 27.9 Å². The van der Waals surface area contributed by atoms with Gasteiger partial charge < -0.3 is 20.3 Å². The molecule has 0 saturated heterocycles. The van der Waals surface area contributed by atoms with Crippen molar-refractivity contribution in [1.29, 1.82) is 0 Å². The van der Waals surface area contributed by atoms with Gasteiger partial charge in [-0.25, -0.2) is 0 Å². The maximum atomic E-state index is 12.4. The summed E-state index contributed by atoms with van der Waals surface area (Å²) in [5.74, 6) is -0.214. The summed E-state index contributed by atoms with van der Waals surface area (Å²) in [5.41, 5.74) is 3.14. The zero-order valence-corrected chi connectivity index (χ0v) is 13.2. The van der Waals surface area contributed by atoms with E-state index in [0.29, 0.717) is 17.3 Å². The number of nitrogens with zero attached hydrogens (tertiary/aromatic N) is 1. The molecule has 2 aromatic rings. The van der Waals surface area contributed by atoms with Crippen LogP contribution in [0.25, 0.3) is 16.5 Å². The van der Waals surface area contributed by atoms with Gasteiger partial charge in [-0.15, -0.1) is 0 Å². The quantitative estimate of drug-likeness (QED) is 0.811. The van der Waals surface area contributed by atoms with E-state index in [4.69, 9.17) is 0 Å². The first-order valence-electron chi connectivity index (χ1n) is 8.19. The molecular formula is C18H21N3O2. The second kappa shape index (κ2) is 5.42. The summed E-state index contributed by atoms with van der Waals surface area (Å²) in [7, 11) is 1.97. The van der Waals surface area contributed by atoms with Crippen molar-refractivity contribution < 1.29 is 9.90 Å². The van der Waals surface area contributed by atoms with E-state index in [1.54, 1.807) is 0 Å². The molecule has 23 heavy (non-hydrogen) atoms. The molecule has 1 aliphatic carbocycles. The standard InChI is InChI=1S/C18H21N3O2/c1-21-10-13(12-8-4-5-9-14(12)21)15-16(18(23)20-17(15)22)19-11-6-2-3-7-11/h4-5,8-11,18-19,23H,2-3,6-7H2,1H3,(H,20,22). The van der Waals surface area contributed by atoms with Gasteiger partial charge in [0, 0.05) is 35.8 Å². The van der Waals surface area contributed by atoms with Gasteiger partial charge in [-0.1, -0.05) is 31.0 Å². The summed E-state index contributed by atoms with van der Waals surface area (Å²) >= 11 is 0. The minimum atomic E-state index is -0.947. The number of nitrogens with one attached hydrogen (secondary N) is 2.